The predicted molar refractivity (Wildman–Crippen MR) is 493 cm³/mol. The first-order valence-electron chi connectivity index (χ1n) is 45.3. The van der Waals surface area contributed by atoms with Gasteiger partial charge in [0, 0.05) is 59.7 Å². The lowest BCUT2D eigenvalue weighted by atomic mass is 9.61. The fraction of sp³-hybridized carbons (Fsp3) is 0.891. The zero-order valence-electron chi connectivity index (χ0n) is 82.6. The lowest BCUT2D eigenvalue weighted by Gasteiger charge is -2.45. The minimum Gasteiger partial charge on any atom is -0.480 e. The van der Waals surface area contributed by atoms with Crippen LogP contribution in [0.5, 0.6) is 0 Å². The second-order valence-corrected chi connectivity index (χ2v) is 45.1. The third-order valence-electron chi connectivity index (χ3n) is 27.1. The number of allylic oxidation sites excluding steroid dienone is 2. The lowest BCUT2D eigenvalue weighted by molar-refractivity contribution is -0.192. The summed E-state index contributed by atoms with van der Waals surface area (Å²) in [7, 11) is 15.0. The second kappa shape index (κ2) is 48.4. The molecular formula is C92H178B4N9O16. The zero-order chi connectivity index (χ0) is 94.1. The molecule has 5 aliphatic carbocycles. The molecule has 0 aromatic heterocycles. The number of carboxylic acid groups (broad SMARTS) is 1. The summed E-state index contributed by atoms with van der Waals surface area (Å²) < 4.78 is 22.8. The average Bonchev–Trinajstić information content (AvgIpc) is 1.36. The fourth-order valence-electron chi connectivity index (χ4n) is 18.6. The highest BCUT2D eigenvalue weighted by atomic mass is 16.7. The number of rotatable bonds is 25. The van der Waals surface area contributed by atoms with Crippen molar-refractivity contribution in [2.45, 2.75) is 364 Å². The maximum absolute atomic E-state index is 13.3. The second-order valence-electron chi connectivity index (χ2n) is 45.1. The number of nitrogens with one attached hydrogen (secondary N) is 4. The topological polar surface area (TPSA) is 345 Å². The minimum atomic E-state index is -1.32. The van der Waals surface area contributed by atoms with Crippen molar-refractivity contribution >= 4 is 64.8 Å². The fourth-order valence-corrected chi connectivity index (χ4v) is 18.6. The van der Waals surface area contributed by atoms with Crippen molar-refractivity contribution in [2.24, 2.45) is 86.6 Å². The molecule has 15 atom stereocenters. The molecule has 0 aromatic rings. The molecule has 0 aromatic carbocycles. The normalized spacial score (nSPS) is 30.4. The Morgan fingerprint density at radius 2 is 0.711 bits per heavy atom. The van der Waals surface area contributed by atoms with E-state index < -0.39 is 31.2 Å². The van der Waals surface area contributed by atoms with E-state index in [1.807, 2.05) is 121 Å². The first kappa shape index (κ1) is 115. The molecule has 121 heavy (non-hydrogen) atoms. The van der Waals surface area contributed by atoms with E-state index in [0.717, 1.165) is 122 Å². The van der Waals surface area contributed by atoms with Crippen LogP contribution in [0.2, 0.25) is 19.0 Å². The van der Waals surface area contributed by atoms with E-state index in [2.05, 4.69) is 174 Å². The number of aliphatic carboxylic acids is 1. The quantitative estimate of drug-likeness (QED) is 0.0300. The van der Waals surface area contributed by atoms with Gasteiger partial charge in [0.05, 0.1) is 38.6 Å². The maximum atomic E-state index is 13.3. The largest absolute Gasteiger partial charge is 0.488 e. The number of nitrogens with two attached hydrogens (primary N) is 1. The highest BCUT2D eigenvalue weighted by Gasteiger charge is 2.54. The van der Waals surface area contributed by atoms with Crippen molar-refractivity contribution in [2.75, 3.05) is 82.6 Å². The molecule has 7 aliphatic rings. The molecule has 2 heterocycles. The Kier molecular flexibility index (Phi) is 46.0. The molecule has 0 bridgehead atoms. The number of carbonyl (C=O) groups is 5. The highest BCUT2D eigenvalue weighted by molar-refractivity contribution is 6.45. The summed E-state index contributed by atoms with van der Waals surface area (Å²) >= 11 is 0. The summed E-state index contributed by atoms with van der Waals surface area (Å²) in [5.41, 5.74) is 1.96. The Balaban J connectivity index is 0.000000736. The maximum Gasteiger partial charge on any atom is 0.488 e. The Morgan fingerprint density at radius 3 is 0.975 bits per heavy atom. The molecule has 4 amide bonds. The van der Waals surface area contributed by atoms with Crippen LogP contribution in [0.25, 0.3) is 0 Å². The van der Waals surface area contributed by atoms with Crippen molar-refractivity contribution < 1.29 is 77.4 Å². The number of amides is 4. The van der Waals surface area contributed by atoms with Gasteiger partial charge in [0.15, 0.2) is 0 Å². The first-order chi connectivity index (χ1) is 54.9. The van der Waals surface area contributed by atoms with E-state index in [-0.39, 0.29) is 116 Å². The Hall–Kier alpha value is -4.05. The molecule has 0 unspecified atom stereocenters. The zero-order valence-corrected chi connectivity index (χ0v) is 82.6. The van der Waals surface area contributed by atoms with Crippen LogP contribution in [0, 0.1) is 80.8 Å². The molecule has 2 aliphatic heterocycles. The van der Waals surface area contributed by atoms with Crippen LogP contribution in [0.1, 0.15) is 295 Å². The smallest absolute Gasteiger partial charge is 0.480 e. The molecule has 1 radical (unpaired) electrons. The first-order valence-corrected chi connectivity index (χ1v) is 45.3. The van der Waals surface area contributed by atoms with Gasteiger partial charge in [-0.25, -0.2) is 0 Å². The van der Waals surface area contributed by atoms with Gasteiger partial charge in [0.2, 0.25) is 23.6 Å². The Bertz CT molecular complexity index is 3170. The van der Waals surface area contributed by atoms with Crippen LogP contribution >= 0.6 is 0 Å². The van der Waals surface area contributed by atoms with Gasteiger partial charge in [0.1, 0.15) is 5.54 Å². The van der Waals surface area contributed by atoms with Crippen molar-refractivity contribution in [3.63, 3.8) is 0 Å². The average molecular weight is 1710 g/mol. The Labute approximate surface area is 737 Å². The predicted octanol–water partition coefficient (Wildman–Crippen LogP) is 13.3. The lowest BCUT2D eigenvalue weighted by Crippen LogP contribution is -2.59. The van der Waals surface area contributed by atoms with Gasteiger partial charge in [-0.3, -0.25) is 24.0 Å². The summed E-state index contributed by atoms with van der Waals surface area (Å²) in [4.78, 5) is 88.1. The summed E-state index contributed by atoms with van der Waals surface area (Å²) in [5, 5.41) is 58.2. The summed E-state index contributed by atoms with van der Waals surface area (Å²) in [5.74, 6) is 3.38. The van der Waals surface area contributed by atoms with Crippen molar-refractivity contribution in [1.82, 2.24) is 40.9 Å². The number of hydrogen-bond acceptors (Lipinski definition) is 20. The number of carboxylic acids is 1. The summed E-state index contributed by atoms with van der Waals surface area (Å²) in [6.07, 6.45) is 24.0. The van der Waals surface area contributed by atoms with Crippen LogP contribution in [0.15, 0.2) is 25.3 Å². The van der Waals surface area contributed by atoms with Crippen LogP contribution < -0.4 is 27.0 Å². The van der Waals surface area contributed by atoms with Gasteiger partial charge in [-0.15, -0.1) is 13.2 Å². The molecule has 11 N–H and O–H groups in total. The molecule has 29 heteroatoms. The Morgan fingerprint density at radius 1 is 0.446 bits per heavy atom. The van der Waals surface area contributed by atoms with Gasteiger partial charge >= 0.3 is 41.2 Å². The van der Waals surface area contributed by atoms with E-state index >= 15 is 0 Å². The van der Waals surface area contributed by atoms with Gasteiger partial charge < -0.3 is 90.4 Å². The highest BCUT2D eigenvalue weighted by Crippen LogP contribution is 2.51. The molecule has 5 saturated carbocycles. The molecule has 7 rings (SSSR count). The van der Waals surface area contributed by atoms with Gasteiger partial charge in [0.25, 0.3) is 0 Å². The summed E-state index contributed by atoms with van der Waals surface area (Å²) in [6, 6.07) is 0. The van der Waals surface area contributed by atoms with Crippen LogP contribution in [0.3, 0.4) is 0 Å². The van der Waals surface area contributed by atoms with Crippen molar-refractivity contribution in [3.05, 3.63) is 25.3 Å². The minimum absolute atomic E-state index is 0.0599. The molecule has 25 nitrogen and oxygen atoms in total. The SMILES string of the molecule is C=C[C@@H]1CC[C@@H](CC)[C@@](C)(C(=O)NC(C)(C)C)C1.C=C[C@@H]1CC[C@@H](CN(C)C)[C@@](C)(C(=O)NC(C)(C)C)C1.CC1(C)O[B]OC1(C)C.CN(C)C[C@@H]1CC[C@@H](CCB(O)O)C[C@]1(C)C(=O)NC(C)(C)C.CN(C)C[C@@H]1CC[C@@H](CCB(O)O)C[C@]1(N)C(=O)O.CN(C)C[C@@H]1CC[C@@H](CCB2OC(C)(C)C(C)(C)O2)C[C@]1(C)C(=O)NC(C)(C)C.O=C=O. The third-order valence-corrected chi connectivity index (χ3v) is 27.1. The number of hydrogen-bond donors (Lipinski definition) is 10. The molecular weight excluding hydrogens is 1530 g/mol. The molecule has 0 spiro atoms. The molecule has 699 valence electrons. The monoisotopic (exact) mass is 1710 g/mol. The number of nitrogens with zero attached hydrogens (tertiary/aromatic N) is 4. The van der Waals surface area contributed by atoms with Crippen molar-refractivity contribution in [1.29, 1.82) is 0 Å². The van der Waals surface area contributed by atoms with Crippen LogP contribution in [0.4, 0.5) is 0 Å². The third kappa shape index (κ3) is 38.0. The van der Waals surface area contributed by atoms with E-state index in [4.69, 9.17) is 54.0 Å². The van der Waals surface area contributed by atoms with E-state index in [1.165, 1.54) is 20.5 Å². The molecule has 2 saturated heterocycles. The molecule has 7 fully saturated rings. The van der Waals surface area contributed by atoms with Gasteiger partial charge in [-0.1, -0.05) is 85.3 Å². The van der Waals surface area contributed by atoms with Crippen molar-refractivity contribution in [3.8, 4) is 0 Å². The number of carbonyl (C=O) groups excluding carboxylic acids is 6. The van der Waals surface area contributed by atoms with Gasteiger partial charge in [-0.05, 0) is 351 Å². The van der Waals surface area contributed by atoms with E-state index in [0.29, 0.717) is 73.0 Å². The van der Waals surface area contributed by atoms with Crippen LogP contribution in [-0.4, -0.2) is 242 Å². The summed E-state index contributed by atoms with van der Waals surface area (Å²) in [6.45, 7) is 63.0. The van der Waals surface area contributed by atoms with Gasteiger partial charge in [-0.2, -0.15) is 9.59 Å². The standard InChI is InChI=1S/C23H45BN2O3.C17H35BN2O3.C17H32N2O.C16H29NO.C12H25BN2O4.C6H12BO2.CO2/c1-20(2,3)25-19(27)23(8)15-17(11-12-18(23)16-26(9)10)13-14-24-28-21(4,5)22(6,7)29-24;1-16(2,3)19-15(21)17(4)11-13(9-10-18(22)23)7-8-14(17)12-20(5)6;1-8-13-9-10-14(12-19(6)7)17(5,11-13)15(20)18-16(2,3)4;1-7-12-9-10-13(8-2)16(6,11-12)14(18)17-15(3,4)5;1-15(2)8-10-4-3-9(5-6-13(18)19)7-12(10,14)11(16)17;1-5(2)6(3,4)9-7-8-5;2-1-3/h17-18H,11-16H2,1-10H3,(H,25,27);13-14,22-23H,7-12H2,1-6H3,(H,19,21);8,13-14H,1,9-12H2,2-7H3,(H,18,20);7,12-13H,1,8-11H2,2-6H3,(H,17,18);9-10,18-19H,3-8,14H2,1-2H3,(H,16,17);1-4H3;/t17-,18-,23-;13-,14-,17-;13-,14+,17+;12-,13-,16+;9-,10-,12+;;/m00110../s1. The van der Waals surface area contributed by atoms with Crippen LogP contribution in [-0.2, 0) is 52.2 Å². The van der Waals surface area contributed by atoms with E-state index in [1.54, 1.807) is 0 Å². The van der Waals surface area contributed by atoms with E-state index in [9.17, 15) is 29.1 Å².